The highest BCUT2D eigenvalue weighted by molar-refractivity contribution is 5.30. The number of hydrogen-bond donors (Lipinski definition) is 1. The molecule has 0 amide bonds. The Morgan fingerprint density at radius 2 is 1.97 bits per heavy atom. The van der Waals surface area contributed by atoms with Crippen molar-refractivity contribution < 1.29 is 5.11 Å². The lowest BCUT2D eigenvalue weighted by Gasteiger charge is -2.55. The van der Waals surface area contributed by atoms with Gasteiger partial charge in [0.25, 0.3) is 0 Å². The summed E-state index contributed by atoms with van der Waals surface area (Å²) in [6.45, 7) is 16.5. The van der Waals surface area contributed by atoms with Crippen LogP contribution in [0, 0.1) is 46.3 Å². The molecule has 0 aromatic heterocycles. The standard InChI is InChI=1S/C28H44O/c1-18(2)19(3)7-8-20(4)24-11-12-25-23-10-9-21-17-22(29)13-15-27(21,5)26(23)14-16-28(24,25)6/h9,14,16,18,20,22-26,29H,3,7-8,10-13,15,17H2,1-2,4-6H3/t20-,22+,23+,24-,25+,26+,27+,28-/m1/s1. The van der Waals surface area contributed by atoms with Crippen LogP contribution in [0.25, 0.3) is 0 Å². The molecule has 0 radical (unpaired) electrons. The molecule has 0 bridgehead atoms. The van der Waals surface area contributed by atoms with E-state index in [9.17, 15) is 5.11 Å². The molecule has 0 aromatic carbocycles. The molecule has 4 rings (SSSR count). The maximum absolute atomic E-state index is 10.2. The highest BCUT2D eigenvalue weighted by Gasteiger charge is 2.57. The van der Waals surface area contributed by atoms with Crippen molar-refractivity contribution in [2.45, 2.75) is 92.1 Å². The number of fused-ring (bicyclic) bond motifs is 5. The smallest absolute Gasteiger partial charge is 0.0577 e. The molecule has 0 spiro atoms. The third-order valence-electron chi connectivity index (χ3n) is 10.0. The molecule has 2 saturated carbocycles. The Kier molecular flexibility index (Phi) is 5.69. The van der Waals surface area contributed by atoms with Crippen LogP contribution in [0.15, 0.2) is 36.0 Å². The molecular formula is C28H44O. The van der Waals surface area contributed by atoms with Crippen molar-refractivity contribution in [1.82, 2.24) is 0 Å². The summed E-state index contributed by atoms with van der Waals surface area (Å²) in [6.07, 6.45) is 17.3. The van der Waals surface area contributed by atoms with Gasteiger partial charge < -0.3 is 5.11 Å². The number of aliphatic hydroxyl groups excluding tert-OH is 1. The van der Waals surface area contributed by atoms with Gasteiger partial charge in [-0.3, -0.25) is 0 Å². The SMILES string of the molecule is C=C(CC[C@@H](C)[C@H]1CC[C@H]2[C@@H]3CC=C4C[C@@H](O)CC[C@]4(C)[C@H]3C=C[C@]12C)C(C)C. The minimum absolute atomic E-state index is 0.110. The number of aliphatic hydroxyl groups is 1. The topological polar surface area (TPSA) is 20.2 Å². The minimum atomic E-state index is -0.110. The zero-order valence-electron chi connectivity index (χ0n) is 19.6. The van der Waals surface area contributed by atoms with Gasteiger partial charge in [-0.1, -0.05) is 70.6 Å². The first kappa shape index (κ1) is 21.4. The molecule has 8 atom stereocenters. The molecule has 162 valence electrons. The Morgan fingerprint density at radius 1 is 1.21 bits per heavy atom. The van der Waals surface area contributed by atoms with Crippen molar-refractivity contribution in [3.05, 3.63) is 36.0 Å². The lowest BCUT2D eigenvalue weighted by Crippen LogP contribution is -2.48. The summed E-state index contributed by atoms with van der Waals surface area (Å²) < 4.78 is 0. The predicted molar refractivity (Wildman–Crippen MR) is 123 cm³/mol. The molecule has 0 aromatic rings. The van der Waals surface area contributed by atoms with Crippen LogP contribution in [0.5, 0.6) is 0 Å². The zero-order chi connectivity index (χ0) is 21.0. The van der Waals surface area contributed by atoms with Crippen LogP contribution in [0.4, 0.5) is 0 Å². The lowest BCUT2D eigenvalue weighted by molar-refractivity contribution is 0.0184. The van der Waals surface area contributed by atoms with E-state index in [1.54, 1.807) is 5.57 Å². The summed E-state index contributed by atoms with van der Waals surface area (Å²) in [5.74, 6) is 4.52. The summed E-state index contributed by atoms with van der Waals surface area (Å²) in [4.78, 5) is 0. The predicted octanol–water partition coefficient (Wildman–Crippen LogP) is 7.33. The van der Waals surface area contributed by atoms with Crippen LogP contribution in [0.3, 0.4) is 0 Å². The van der Waals surface area contributed by atoms with E-state index in [1.807, 2.05) is 0 Å². The fourth-order valence-electron chi connectivity index (χ4n) is 7.87. The van der Waals surface area contributed by atoms with Crippen molar-refractivity contribution in [3.63, 3.8) is 0 Å². The Hall–Kier alpha value is -0.820. The second-order valence-corrected chi connectivity index (χ2v) is 11.8. The summed E-state index contributed by atoms with van der Waals surface area (Å²) in [6, 6.07) is 0. The summed E-state index contributed by atoms with van der Waals surface area (Å²) in [7, 11) is 0. The van der Waals surface area contributed by atoms with E-state index in [1.165, 1.54) is 37.7 Å². The van der Waals surface area contributed by atoms with E-state index in [0.717, 1.165) is 42.9 Å². The van der Waals surface area contributed by atoms with E-state index in [0.29, 0.717) is 22.7 Å². The Balaban J connectivity index is 1.53. The quantitative estimate of drug-likeness (QED) is 0.482. The average Bonchev–Trinajstić information content (AvgIpc) is 3.03. The van der Waals surface area contributed by atoms with Gasteiger partial charge in [-0.15, -0.1) is 0 Å². The Bertz CT molecular complexity index is 699. The van der Waals surface area contributed by atoms with Crippen molar-refractivity contribution in [2.75, 3.05) is 0 Å². The summed E-state index contributed by atoms with van der Waals surface area (Å²) in [5, 5.41) is 10.2. The number of hydrogen-bond acceptors (Lipinski definition) is 1. The molecule has 1 N–H and O–H groups in total. The van der Waals surface area contributed by atoms with Crippen LogP contribution < -0.4 is 0 Å². The first-order valence-electron chi connectivity index (χ1n) is 12.4. The first-order valence-corrected chi connectivity index (χ1v) is 12.4. The molecule has 29 heavy (non-hydrogen) atoms. The van der Waals surface area contributed by atoms with Crippen LogP contribution >= 0.6 is 0 Å². The number of rotatable bonds is 5. The van der Waals surface area contributed by atoms with Crippen LogP contribution in [-0.2, 0) is 0 Å². The van der Waals surface area contributed by atoms with Gasteiger partial charge in [0.1, 0.15) is 0 Å². The second-order valence-electron chi connectivity index (χ2n) is 11.8. The maximum Gasteiger partial charge on any atom is 0.0577 e. The van der Waals surface area contributed by atoms with Crippen molar-refractivity contribution in [2.24, 2.45) is 46.3 Å². The van der Waals surface area contributed by atoms with Crippen LogP contribution in [0.2, 0.25) is 0 Å². The van der Waals surface area contributed by atoms with Gasteiger partial charge in [0.2, 0.25) is 0 Å². The van der Waals surface area contributed by atoms with Crippen molar-refractivity contribution in [1.29, 1.82) is 0 Å². The average molecular weight is 397 g/mol. The van der Waals surface area contributed by atoms with E-state index in [-0.39, 0.29) is 6.10 Å². The van der Waals surface area contributed by atoms with E-state index in [2.05, 4.69) is 59.4 Å². The van der Waals surface area contributed by atoms with Crippen molar-refractivity contribution in [3.8, 4) is 0 Å². The molecule has 0 heterocycles. The van der Waals surface area contributed by atoms with Gasteiger partial charge in [-0.2, -0.15) is 0 Å². The van der Waals surface area contributed by atoms with E-state index < -0.39 is 0 Å². The maximum atomic E-state index is 10.2. The third-order valence-corrected chi connectivity index (χ3v) is 10.0. The molecule has 4 aliphatic carbocycles. The van der Waals surface area contributed by atoms with Gasteiger partial charge in [0, 0.05) is 0 Å². The van der Waals surface area contributed by atoms with Gasteiger partial charge in [0.15, 0.2) is 0 Å². The first-order chi connectivity index (χ1) is 13.7. The Labute approximate surface area is 179 Å². The molecule has 4 aliphatic rings. The lowest BCUT2D eigenvalue weighted by atomic mass is 9.49. The fourth-order valence-corrected chi connectivity index (χ4v) is 7.87. The Morgan fingerprint density at radius 3 is 2.69 bits per heavy atom. The molecule has 0 saturated heterocycles. The fraction of sp³-hybridized carbons (Fsp3) is 0.786. The van der Waals surface area contributed by atoms with Gasteiger partial charge in [-0.25, -0.2) is 0 Å². The van der Waals surface area contributed by atoms with E-state index >= 15 is 0 Å². The number of allylic oxidation sites excluding steroid dienone is 4. The molecule has 0 aliphatic heterocycles. The molecule has 1 nitrogen and oxygen atoms in total. The molecular weight excluding hydrogens is 352 g/mol. The molecule has 0 unspecified atom stereocenters. The van der Waals surface area contributed by atoms with E-state index in [4.69, 9.17) is 0 Å². The highest BCUT2D eigenvalue weighted by atomic mass is 16.3. The normalized spacial score (nSPS) is 44.7. The van der Waals surface area contributed by atoms with Crippen LogP contribution in [0.1, 0.15) is 86.0 Å². The second kappa shape index (κ2) is 7.70. The largest absolute Gasteiger partial charge is 0.393 e. The van der Waals surface area contributed by atoms with Crippen molar-refractivity contribution >= 4 is 0 Å². The third kappa shape index (κ3) is 3.50. The zero-order valence-corrected chi connectivity index (χ0v) is 19.6. The monoisotopic (exact) mass is 396 g/mol. The summed E-state index contributed by atoms with van der Waals surface area (Å²) >= 11 is 0. The van der Waals surface area contributed by atoms with Gasteiger partial charge >= 0.3 is 0 Å². The van der Waals surface area contributed by atoms with Crippen LogP contribution in [-0.4, -0.2) is 11.2 Å². The minimum Gasteiger partial charge on any atom is -0.393 e. The van der Waals surface area contributed by atoms with Gasteiger partial charge in [-0.05, 0) is 97.7 Å². The molecule has 1 heteroatoms. The van der Waals surface area contributed by atoms with Gasteiger partial charge in [0.05, 0.1) is 6.10 Å². The summed E-state index contributed by atoms with van der Waals surface area (Å²) in [5.41, 5.74) is 3.64. The highest BCUT2D eigenvalue weighted by Crippen LogP contribution is 2.64. The molecule has 2 fully saturated rings.